The molecule has 0 amide bonds. The lowest BCUT2D eigenvalue weighted by molar-refractivity contribution is -0.135. The summed E-state index contributed by atoms with van der Waals surface area (Å²) in [5, 5.41) is 39.0. The Morgan fingerprint density at radius 2 is 1.86 bits per heavy atom. The molecule has 2 heterocycles. The summed E-state index contributed by atoms with van der Waals surface area (Å²) in [5.74, 6) is 9.13. The Labute approximate surface area is 374 Å². The number of rotatable bonds is 13. The molecule has 9 atom stereocenters. The highest BCUT2D eigenvalue weighted by atomic mass is 16.5. The molecule has 4 fully saturated rings. The van der Waals surface area contributed by atoms with Crippen LogP contribution >= 0.6 is 0 Å². The van der Waals surface area contributed by atoms with Crippen LogP contribution in [0.5, 0.6) is 11.5 Å². The van der Waals surface area contributed by atoms with E-state index >= 15 is 0 Å². The lowest BCUT2D eigenvalue weighted by Gasteiger charge is -2.49. The van der Waals surface area contributed by atoms with E-state index in [1.165, 1.54) is 39.2 Å². The SMILES string of the molecule is CCc1cnc(N)cc1C(C=Cc1ccccc1)CC(O)CCC1C#CC2(CCC(CC3(C4CNC5CC(=O)CCC5C4)CCCC3)CC2O)C(=O)CCc2cc(OC)c(O)cc21. The molecule has 4 aliphatic carbocycles. The van der Waals surface area contributed by atoms with Crippen LogP contribution in [0.1, 0.15) is 149 Å². The number of hydrogen-bond donors (Lipinski definition) is 5. The Morgan fingerprint density at radius 1 is 1.05 bits per heavy atom. The van der Waals surface area contributed by atoms with E-state index in [-0.39, 0.29) is 35.2 Å². The molecular formula is C54H69N3O6. The van der Waals surface area contributed by atoms with E-state index in [9.17, 15) is 24.9 Å². The molecule has 9 heteroatoms. The summed E-state index contributed by atoms with van der Waals surface area (Å²) in [4.78, 5) is 31.1. The fourth-order valence-corrected chi connectivity index (χ4v) is 12.5. The van der Waals surface area contributed by atoms with Crippen molar-refractivity contribution in [3.63, 3.8) is 0 Å². The first-order valence-corrected chi connectivity index (χ1v) is 24.0. The van der Waals surface area contributed by atoms with Crippen molar-refractivity contribution in [2.75, 3.05) is 19.4 Å². The number of nitrogens with zero attached hydrogens (tertiary/aromatic N) is 1. The van der Waals surface area contributed by atoms with Gasteiger partial charge in [-0.2, -0.15) is 0 Å². The van der Waals surface area contributed by atoms with Gasteiger partial charge in [0, 0.05) is 43.3 Å². The Hall–Kier alpha value is -4.49. The van der Waals surface area contributed by atoms with E-state index < -0.39 is 17.6 Å². The summed E-state index contributed by atoms with van der Waals surface area (Å²) < 4.78 is 5.53. The van der Waals surface area contributed by atoms with Crippen molar-refractivity contribution < 1.29 is 29.6 Å². The smallest absolute Gasteiger partial charge is 0.160 e. The highest BCUT2D eigenvalue weighted by Gasteiger charge is 2.51. The van der Waals surface area contributed by atoms with Gasteiger partial charge in [-0.25, -0.2) is 4.98 Å². The summed E-state index contributed by atoms with van der Waals surface area (Å²) in [7, 11) is 1.53. The number of ether oxygens (including phenoxy) is 1. The first kappa shape index (κ1) is 45.1. The quantitative estimate of drug-likeness (QED) is 0.106. The van der Waals surface area contributed by atoms with Gasteiger partial charge in [0.05, 0.1) is 19.3 Å². The Kier molecular flexibility index (Phi) is 14.1. The van der Waals surface area contributed by atoms with E-state index in [0.717, 1.165) is 60.0 Å². The summed E-state index contributed by atoms with van der Waals surface area (Å²) in [6.45, 7) is 3.07. The minimum Gasteiger partial charge on any atom is -0.504 e. The zero-order valence-electron chi connectivity index (χ0n) is 37.5. The first-order valence-electron chi connectivity index (χ1n) is 24.0. The maximum atomic E-state index is 14.5. The summed E-state index contributed by atoms with van der Waals surface area (Å²) in [5.41, 5.74) is 10.2. The minimum absolute atomic E-state index is 0.0130. The van der Waals surface area contributed by atoms with Crippen molar-refractivity contribution in [1.82, 2.24) is 10.3 Å². The van der Waals surface area contributed by atoms with Crippen LogP contribution in [0.15, 0.2) is 60.8 Å². The Balaban J connectivity index is 1.02. The first-order chi connectivity index (χ1) is 30.5. The van der Waals surface area contributed by atoms with Crippen LogP contribution < -0.4 is 15.8 Å². The third kappa shape index (κ3) is 9.94. The second-order valence-corrected chi connectivity index (χ2v) is 19.9. The zero-order valence-corrected chi connectivity index (χ0v) is 37.5. The maximum Gasteiger partial charge on any atom is 0.160 e. The number of Topliss-reactive ketones (excluding diaryl/α,β-unsaturated/α-hetero) is 2. The zero-order chi connectivity index (χ0) is 44.1. The van der Waals surface area contributed by atoms with Crippen molar-refractivity contribution in [2.24, 2.45) is 28.6 Å². The van der Waals surface area contributed by atoms with Gasteiger partial charge in [-0.1, -0.05) is 74.1 Å². The number of allylic oxidation sites excluding steroid dienone is 1. The minimum atomic E-state index is -1.16. The number of benzene rings is 2. The number of aliphatic hydroxyl groups is 2. The molecule has 336 valence electrons. The van der Waals surface area contributed by atoms with Crippen LogP contribution in [-0.2, 0) is 22.4 Å². The largest absolute Gasteiger partial charge is 0.504 e. The predicted octanol–water partition coefficient (Wildman–Crippen LogP) is 9.02. The molecule has 1 spiro atoms. The highest BCUT2D eigenvalue weighted by molar-refractivity contribution is 5.89. The van der Waals surface area contributed by atoms with Gasteiger partial charge in [-0.05, 0) is 159 Å². The van der Waals surface area contributed by atoms with Gasteiger partial charge < -0.3 is 31.1 Å². The highest BCUT2D eigenvalue weighted by Crippen LogP contribution is 2.55. The number of aromatic nitrogens is 1. The average Bonchev–Trinajstić information content (AvgIpc) is 3.78. The second-order valence-electron chi connectivity index (χ2n) is 19.9. The number of carbonyl (C=O) groups excluding carboxylic acids is 2. The maximum absolute atomic E-state index is 14.5. The normalized spacial score (nSPS) is 29.1. The number of nitrogens with one attached hydrogen (secondary N) is 1. The fourth-order valence-electron chi connectivity index (χ4n) is 12.5. The van der Waals surface area contributed by atoms with E-state index in [1.54, 1.807) is 6.07 Å². The molecule has 5 aliphatic rings. The van der Waals surface area contributed by atoms with E-state index in [1.807, 2.05) is 36.5 Å². The molecule has 3 saturated carbocycles. The summed E-state index contributed by atoms with van der Waals surface area (Å²) >= 11 is 0. The number of phenolic OH excluding ortho intramolecular Hbond substituents is 1. The van der Waals surface area contributed by atoms with Crippen molar-refractivity contribution in [3.8, 4) is 23.3 Å². The molecule has 0 bridgehead atoms. The summed E-state index contributed by atoms with van der Waals surface area (Å²) in [6, 6.07) is 15.9. The number of aryl methyl sites for hydroxylation is 2. The number of methoxy groups -OCH3 is 1. The van der Waals surface area contributed by atoms with Gasteiger partial charge in [-0.3, -0.25) is 9.59 Å². The van der Waals surface area contributed by atoms with Gasteiger partial charge in [0.2, 0.25) is 0 Å². The molecule has 2 aromatic carbocycles. The second kappa shape index (κ2) is 19.7. The topological polar surface area (TPSA) is 155 Å². The lowest BCUT2D eigenvalue weighted by Crippen LogP contribution is -2.53. The molecule has 9 nitrogen and oxygen atoms in total. The molecule has 0 radical (unpaired) electrons. The van der Waals surface area contributed by atoms with Crippen molar-refractivity contribution in [2.45, 2.75) is 153 Å². The molecule has 3 aromatic rings. The van der Waals surface area contributed by atoms with Crippen molar-refractivity contribution in [1.29, 1.82) is 0 Å². The number of ketones is 2. The number of piperidine rings is 1. The fraction of sp³-hybridized carbons (Fsp3) is 0.574. The van der Waals surface area contributed by atoms with Crippen LogP contribution in [0.4, 0.5) is 5.82 Å². The van der Waals surface area contributed by atoms with Gasteiger partial charge in [0.15, 0.2) is 17.3 Å². The number of hydrogen-bond acceptors (Lipinski definition) is 9. The molecule has 63 heavy (non-hydrogen) atoms. The number of pyridine rings is 1. The molecule has 9 unspecified atom stereocenters. The van der Waals surface area contributed by atoms with Crippen molar-refractivity contribution in [3.05, 3.63) is 88.6 Å². The third-order valence-corrected chi connectivity index (χ3v) is 16.1. The number of phenols is 1. The van der Waals surface area contributed by atoms with E-state index in [2.05, 4.69) is 53.4 Å². The molecule has 1 aliphatic heterocycles. The lowest BCUT2D eigenvalue weighted by atomic mass is 9.58. The predicted molar refractivity (Wildman–Crippen MR) is 248 cm³/mol. The van der Waals surface area contributed by atoms with E-state index in [4.69, 9.17) is 10.5 Å². The number of fused-ring (bicyclic) bond motifs is 2. The molecule has 6 N–H and O–H groups in total. The molecule has 8 rings (SSSR count). The van der Waals surface area contributed by atoms with Gasteiger partial charge >= 0.3 is 0 Å². The van der Waals surface area contributed by atoms with Gasteiger partial charge in [0.1, 0.15) is 17.0 Å². The molecular weight excluding hydrogens is 787 g/mol. The monoisotopic (exact) mass is 856 g/mol. The van der Waals surface area contributed by atoms with Crippen LogP contribution in [-0.4, -0.2) is 63.8 Å². The van der Waals surface area contributed by atoms with Gasteiger partial charge in [-0.15, -0.1) is 0 Å². The van der Waals surface area contributed by atoms with Crippen LogP contribution in [0, 0.1) is 40.4 Å². The number of nitrogen functional groups attached to an aromatic ring is 1. The van der Waals surface area contributed by atoms with Crippen molar-refractivity contribution >= 4 is 23.5 Å². The molecule has 1 aromatic heterocycles. The van der Waals surface area contributed by atoms with Crippen LogP contribution in [0.25, 0.3) is 6.08 Å². The van der Waals surface area contributed by atoms with Crippen LogP contribution in [0.3, 0.4) is 0 Å². The Morgan fingerprint density at radius 3 is 2.62 bits per heavy atom. The Bertz CT molecular complexity index is 2190. The summed E-state index contributed by atoms with van der Waals surface area (Å²) in [6.07, 6.45) is 18.9. The van der Waals surface area contributed by atoms with Crippen LogP contribution in [0.2, 0.25) is 0 Å². The standard InChI is InChI=1S/C54H69N3O6/c1-3-37-33-57-52(55)31-46(37)39(12-11-35-9-5-4-6-10-35)27-43(58)16-13-38-20-24-54(50(61)18-15-40-28-49(63-2)48(60)30-45(38)40)23-19-36(25-51(54)62)32-53(21-7-8-22-53)42-26-41-14-17-44(59)29-47(41)56-34-42/h4-6,9-12,28,30-31,33,36,38-39,41-43,47,51,56,58,60,62H,3,7-8,13-19,21-23,25-27,29,32,34H2,1-2H3,(H2,55,57). The number of nitrogens with two attached hydrogens (primary N) is 1. The van der Waals surface area contributed by atoms with E-state index in [0.29, 0.717) is 92.5 Å². The third-order valence-electron chi connectivity index (χ3n) is 16.1. The number of carbonyl (C=O) groups is 2. The number of aromatic hydroxyl groups is 1. The molecule has 1 saturated heterocycles. The number of aliphatic hydroxyl groups excluding tert-OH is 2. The average molecular weight is 856 g/mol. The van der Waals surface area contributed by atoms with Gasteiger partial charge in [0.25, 0.3) is 0 Å². The number of anilines is 1.